The molecule has 1 fully saturated rings. The molecule has 0 aromatic heterocycles. The fourth-order valence-corrected chi connectivity index (χ4v) is 2.44. The van der Waals surface area contributed by atoms with Crippen molar-refractivity contribution in [3.8, 4) is 0 Å². The molecule has 0 spiro atoms. The molecule has 1 aliphatic rings. The van der Waals surface area contributed by atoms with Crippen molar-refractivity contribution in [1.29, 1.82) is 0 Å². The van der Waals surface area contributed by atoms with Crippen LogP contribution in [0.3, 0.4) is 0 Å². The molecule has 7 heteroatoms. The van der Waals surface area contributed by atoms with E-state index in [1.54, 1.807) is 0 Å². The molecule has 0 bridgehead atoms. The second-order valence-electron chi connectivity index (χ2n) is 5.32. The molecule has 1 atom stereocenters. The van der Waals surface area contributed by atoms with Crippen LogP contribution in [0.5, 0.6) is 0 Å². The van der Waals surface area contributed by atoms with Crippen LogP contribution in [0.25, 0.3) is 0 Å². The second-order valence-corrected chi connectivity index (χ2v) is 5.32. The topological polar surface area (TPSA) is 119 Å². The first-order chi connectivity index (χ1) is 9.36. The minimum absolute atomic E-state index is 0.00528. The molecule has 0 aromatic rings. The number of carbonyl (C=O) groups is 3. The van der Waals surface area contributed by atoms with Gasteiger partial charge in [-0.25, -0.2) is 4.79 Å². The van der Waals surface area contributed by atoms with Gasteiger partial charge in [0.15, 0.2) is 0 Å². The molecule has 20 heavy (non-hydrogen) atoms. The lowest BCUT2D eigenvalue weighted by Gasteiger charge is -2.23. The monoisotopic (exact) mass is 286 g/mol. The van der Waals surface area contributed by atoms with Crippen LogP contribution >= 0.6 is 0 Å². The standard InChI is InChI=1S/C13H22N2O5/c1-20-11(17)5-4-9(12(18)19)15-10(16)8-13(14)6-2-3-7-13/h9H,2-8,14H2,1H3,(H,15,16)(H,18,19). The van der Waals surface area contributed by atoms with E-state index < -0.39 is 23.5 Å². The first-order valence-electron chi connectivity index (χ1n) is 6.74. The summed E-state index contributed by atoms with van der Waals surface area (Å²) in [6, 6.07) is -1.09. The Labute approximate surface area is 117 Å². The van der Waals surface area contributed by atoms with Gasteiger partial charge in [-0.1, -0.05) is 12.8 Å². The number of methoxy groups -OCH3 is 1. The Hall–Kier alpha value is -1.63. The zero-order valence-corrected chi connectivity index (χ0v) is 11.7. The van der Waals surface area contributed by atoms with Crippen LogP contribution in [0.4, 0.5) is 0 Å². The predicted molar refractivity (Wildman–Crippen MR) is 70.8 cm³/mol. The van der Waals surface area contributed by atoms with E-state index in [9.17, 15) is 14.4 Å². The Balaban J connectivity index is 2.46. The lowest BCUT2D eigenvalue weighted by atomic mass is 9.94. The van der Waals surface area contributed by atoms with Crippen LogP contribution < -0.4 is 11.1 Å². The molecule has 0 aliphatic heterocycles. The highest BCUT2D eigenvalue weighted by Crippen LogP contribution is 2.29. The van der Waals surface area contributed by atoms with Crippen molar-refractivity contribution < 1.29 is 24.2 Å². The molecule has 0 aromatic carbocycles. The van der Waals surface area contributed by atoms with Gasteiger partial charge >= 0.3 is 11.9 Å². The van der Waals surface area contributed by atoms with E-state index in [0.29, 0.717) is 0 Å². The van der Waals surface area contributed by atoms with Crippen molar-refractivity contribution in [2.24, 2.45) is 5.73 Å². The van der Waals surface area contributed by atoms with E-state index in [1.165, 1.54) is 7.11 Å². The molecule has 4 N–H and O–H groups in total. The molecular weight excluding hydrogens is 264 g/mol. The summed E-state index contributed by atoms with van der Waals surface area (Å²) >= 11 is 0. The molecule has 0 radical (unpaired) electrons. The quantitative estimate of drug-likeness (QED) is 0.574. The van der Waals surface area contributed by atoms with Gasteiger partial charge in [-0.15, -0.1) is 0 Å². The van der Waals surface area contributed by atoms with E-state index in [1.807, 2.05) is 0 Å². The Morgan fingerprint density at radius 3 is 2.45 bits per heavy atom. The Bertz CT molecular complexity index is 377. The zero-order chi connectivity index (χ0) is 15.2. The third-order valence-electron chi connectivity index (χ3n) is 3.61. The van der Waals surface area contributed by atoms with E-state index in [4.69, 9.17) is 10.8 Å². The number of carboxylic acid groups (broad SMARTS) is 1. The molecule has 114 valence electrons. The zero-order valence-electron chi connectivity index (χ0n) is 11.7. The van der Waals surface area contributed by atoms with E-state index in [0.717, 1.165) is 25.7 Å². The minimum atomic E-state index is -1.17. The number of nitrogens with two attached hydrogens (primary N) is 1. The van der Waals surface area contributed by atoms with E-state index in [-0.39, 0.29) is 25.2 Å². The number of carbonyl (C=O) groups excluding carboxylic acids is 2. The molecule has 0 heterocycles. The fraction of sp³-hybridized carbons (Fsp3) is 0.769. The summed E-state index contributed by atoms with van der Waals surface area (Å²) in [4.78, 5) is 33.9. The molecule has 1 aliphatic carbocycles. The summed E-state index contributed by atoms with van der Waals surface area (Å²) in [5.41, 5.74) is 5.55. The summed E-state index contributed by atoms with van der Waals surface area (Å²) < 4.78 is 4.44. The molecule has 0 saturated heterocycles. The van der Waals surface area contributed by atoms with Crippen molar-refractivity contribution in [1.82, 2.24) is 5.32 Å². The minimum Gasteiger partial charge on any atom is -0.480 e. The number of carboxylic acids is 1. The maximum Gasteiger partial charge on any atom is 0.326 e. The fourth-order valence-electron chi connectivity index (χ4n) is 2.44. The van der Waals surface area contributed by atoms with Crippen molar-refractivity contribution >= 4 is 17.8 Å². The Kier molecular flexibility index (Phi) is 5.94. The second kappa shape index (κ2) is 7.23. The summed E-state index contributed by atoms with van der Waals surface area (Å²) in [6.07, 6.45) is 3.62. The van der Waals surface area contributed by atoms with E-state index >= 15 is 0 Å². The maximum atomic E-state index is 11.9. The summed E-state index contributed by atoms with van der Waals surface area (Å²) in [5.74, 6) is -2.05. The molecule has 1 saturated carbocycles. The highest BCUT2D eigenvalue weighted by molar-refractivity contribution is 5.84. The normalized spacial score (nSPS) is 18.3. The molecule has 1 rings (SSSR count). The van der Waals surface area contributed by atoms with Crippen LogP contribution in [0, 0.1) is 0 Å². The van der Waals surface area contributed by atoms with Crippen molar-refractivity contribution in [3.63, 3.8) is 0 Å². The maximum absolute atomic E-state index is 11.9. The van der Waals surface area contributed by atoms with Gasteiger partial charge in [-0.2, -0.15) is 0 Å². The third kappa shape index (κ3) is 5.16. The molecule has 7 nitrogen and oxygen atoms in total. The largest absolute Gasteiger partial charge is 0.480 e. The van der Waals surface area contributed by atoms with Gasteiger partial charge in [0.25, 0.3) is 0 Å². The van der Waals surface area contributed by atoms with Crippen molar-refractivity contribution in [2.75, 3.05) is 7.11 Å². The number of amides is 1. The number of hydrogen-bond acceptors (Lipinski definition) is 5. The molecule has 1 unspecified atom stereocenters. The number of ether oxygens (including phenoxy) is 1. The number of hydrogen-bond donors (Lipinski definition) is 3. The van der Waals surface area contributed by atoms with Gasteiger partial charge in [0.05, 0.1) is 7.11 Å². The number of nitrogens with one attached hydrogen (secondary N) is 1. The number of aliphatic carboxylic acids is 1. The number of rotatable bonds is 7. The molecule has 1 amide bonds. The lowest BCUT2D eigenvalue weighted by molar-refractivity contribution is -0.144. The first kappa shape index (κ1) is 16.4. The van der Waals surface area contributed by atoms with E-state index in [2.05, 4.69) is 10.1 Å². The van der Waals surface area contributed by atoms with Gasteiger partial charge in [0.2, 0.25) is 5.91 Å². The number of esters is 1. The van der Waals surface area contributed by atoms with Crippen LogP contribution in [0.2, 0.25) is 0 Å². The van der Waals surface area contributed by atoms with Gasteiger partial charge in [0, 0.05) is 18.4 Å². The van der Waals surface area contributed by atoms with Crippen LogP contribution in [0.1, 0.15) is 44.9 Å². The van der Waals surface area contributed by atoms with Crippen LogP contribution in [0.15, 0.2) is 0 Å². The SMILES string of the molecule is COC(=O)CCC(NC(=O)CC1(N)CCCC1)C(=O)O. The Morgan fingerprint density at radius 1 is 1.35 bits per heavy atom. The summed E-state index contributed by atoms with van der Waals surface area (Å²) in [5, 5.41) is 11.5. The predicted octanol–water partition coefficient (Wildman–Crippen LogP) is 0.171. The average molecular weight is 286 g/mol. The lowest BCUT2D eigenvalue weighted by Crippen LogP contribution is -2.47. The first-order valence-corrected chi connectivity index (χ1v) is 6.74. The summed E-state index contributed by atoms with van der Waals surface area (Å²) in [6.45, 7) is 0. The van der Waals surface area contributed by atoms with Crippen molar-refractivity contribution in [2.45, 2.75) is 56.5 Å². The van der Waals surface area contributed by atoms with Crippen LogP contribution in [-0.4, -0.2) is 41.6 Å². The van der Waals surface area contributed by atoms with Crippen molar-refractivity contribution in [3.05, 3.63) is 0 Å². The van der Waals surface area contributed by atoms with Gasteiger partial charge in [-0.3, -0.25) is 9.59 Å². The van der Waals surface area contributed by atoms with Gasteiger partial charge in [0.1, 0.15) is 6.04 Å². The third-order valence-corrected chi connectivity index (χ3v) is 3.61. The molecular formula is C13H22N2O5. The Morgan fingerprint density at radius 2 is 1.95 bits per heavy atom. The smallest absolute Gasteiger partial charge is 0.326 e. The average Bonchev–Trinajstić information content (AvgIpc) is 2.79. The van der Waals surface area contributed by atoms with Gasteiger partial charge < -0.3 is 20.9 Å². The highest BCUT2D eigenvalue weighted by Gasteiger charge is 2.33. The highest BCUT2D eigenvalue weighted by atomic mass is 16.5. The van der Waals surface area contributed by atoms with Gasteiger partial charge in [-0.05, 0) is 19.3 Å². The summed E-state index contributed by atoms with van der Waals surface area (Å²) in [7, 11) is 1.23. The van der Waals surface area contributed by atoms with Crippen LogP contribution in [-0.2, 0) is 19.1 Å².